The van der Waals surface area contributed by atoms with Crippen LogP contribution in [0, 0.1) is 0 Å². The number of carboxylic acid groups (broad SMARTS) is 1. The maximum atomic E-state index is 12.1. The van der Waals surface area contributed by atoms with E-state index in [-0.39, 0.29) is 35.9 Å². The predicted octanol–water partition coefficient (Wildman–Crippen LogP) is -0.229. The van der Waals surface area contributed by atoms with Gasteiger partial charge in [0.25, 0.3) is 0 Å². The average Bonchev–Trinajstić information content (AvgIpc) is 3.27. The van der Waals surface area contributed by atoms with Crippen LogP contribution in [0.5, 0.6) is 5.75 Å². The van der Waals surface area contributed by atoms with E-state index in [2.05, 4.69) is 0 Å². The van der Waals surface area contributed by atoms with Gasteiger partial charge in [0.1, 0.15) is 17.5 Å². The number of hydrogen-bond acceptors (Lipinski definition) is 6. The molecule has 2 aliphatic rings. The molecule has 0 aromatic carbocycles. The number of likely N-dealkylation sites (tertiary alicyclic amines) is 1. The number of carboxylic acids is 1. The Balaban J connectivity index is 0.00000243. The van der Waals surface area contributed by atoms with Crippen molar-refractivity contribution in [1.82, 2.24) is 4.90 Å². The van der Waals surface area contributed by atoms with E-state index in [1.54, 1.807) is 4.90 Å². The molecule has 2 fully saturated rings. The summed E-state index contributed by atoms with van der Waals surface area (Å²) in [6.07, 6.45) is 3.12. The summed E-state index contributed by atoms with van der Waals surface area (Å²) in [7, 11) is 0. The van der Waals surface area contributed by atoms with E-state index in [1.165, 1.54) is 11.3 Å². The second kappa shape index (κ2) is 8.24. The third-order valence-corrected chi connectivity index (χ3v) is 5.53. The first-order chi connectivity index (χ1) is 11.7. The second-order valence-electron chi connectivity index (χ2n) is 7.69. The Bertz CT molecular complexity index is 657. The van der Waals surface area contributed by atoms with Crippen LogP contribution in [-0.2, 0) is 4.74 Å². The van der Waals surface area contributed by atoms with Gasteiger partial charge in [-0.05, 0) is 45.6 Å². The van der Waals surface area contributed by atoms with Crippen molar-refractivity contribution >= 4 is 23.4 Å². The molecule has 0 spiro atoms. The minimum atomic E-state index is -1.18. The normalized spacial score (nSPS) is 18.2. The molecule has 138 valence electrons. The third-order valence-electron chi connectivity index (χ3n) is 4.27. The summed E-state index contributed by atoms with van der Waals surface area (Å²) in [6.45, 7) is 6.61. The molecule has 1 aromatic heterocycles. The summed E-state index contributed by atoms with van der Waals surface area (Å²) in [5.74, 6) is -0.282. The largest absolute Gasteiger partial charge is 1.00 e. The van der Waals surface area contributed by atoms with Crippen molar-refractivity contribution in [3.8, 4) is 5.75 Å². The Morgan fingerprint density at radius 1 is 1.19 bits per heavy atom. The van der Waals surface area contributed by atoms with E-state index in [9.17, 15) is 14.7 Å². The average molecular weight is 373 g/mol. The van der Waals surface area contributed by atoms with E-state index >= 15 is 0 Å². The first-order valence-corrected chi connectivity index (χ1v) is 9.54. The molecular formula is C18H24LiNO5S. The molecule has 6 nitrogen and oxygen atoms in total. The topological polar surface area (TPSA) is 78.9 Å². The number of rotatable bonds is 4. The molecule has 3 rings (SSSR count). The van der Waals surface area contributed by atoms with Crippen LogP contribution >= 0.6 is 11.3 Å². The number of hydrogen-bond donors (Lipinski definition) is 0. The summed E-state index contributed by atoms with van der Waals surface area (Å²) in [6, 6.07) is 1.85. The smallest absolute Gasteiger partial charge is 0.544 e. The van der Waals surface area contributed by atoms with Crippen molar-refractivity contribution in [3.63, 3.8) is 0 Å². The zero-order valence-electron chi connectivity index (χ0n) is 15.9. The second-order valence-corrected chi connectivity index (χ2v) is 8.77. The fourth-order valence-electron chi connectivity index (χ4n) is 2.85. The minimum absolute atomic E-state index is 0. The molecule has 1 aromatic rings. The quantitative estimate of drug-likeness (QED) is 0.682. The third kappa shape index (κ3) is 5.42. The summed E-state index contributed by atoms with van der Waals surface area (Å²) < 4.78 is 11.3. The molecule has 2 heterocycles. The zero-order valence-corrected chi connectivity index (χ0v) is 16.7. The number of nitrogens with zero attached hydrogens (tertiary/aromatic N) is 1. The monoisotopic (exact) mass is 373 g/mol. The molecule has 0 atom stereocenters. The molecular weight excluding hydrogens is 349 g/mol. The molecule has 0 N–H and O–H groups in total. The van der Waals surface area contributed by atoms with Crippen LogP contribution in [0.2, 0.25) is 0 Å². The number of aromatic carboxylic acids is 1. The van der Waals surface area contributed by atoms with Crippen molar-refractivity contribution in [2.45, 2.75) is 64.1 Å². The van der Waals surface area contributed by atoms with Gasteiger partial charge < -0.3 is 24.3 Å². The van der Waals surface area contributed by atoms with Crippen molar-refractivity contribution < 1.29 is 43.0 Å². The molecule has 1 saturated carbocycles. The Labute approximate surface area is 170 Å². The van der Waals surface area contributed by atoms with Gasteiger partial charge >= 0.3 is 25.0 Å². The van der Waals surface area contributed by atoms with Crippen LogP contribution in [0.1, 0.15) is 66.9 Å². The summed E-state index contributed by atoms with van der Waals surface area (Å²) in [4.78, 5) is 26.4. The van der Waals surface area contributed by atoms with E-state index < -0.39 is 11.6 Å². The number of ether oxygens (including phenoxy) is 2. The Kier molecular flexibility index (Phi) is 6.70. The SMILES string of the molecule is CC(C)(C)OC(=O)N1CCC(Oc2cc(C3CC3)sc2C(=O)[O-])CC1.[Li+]. The van der Waals surface area contributed by atoms with E-state index in [4.69, 9.17) is 9.47 Å². The molecule has 1 saturated heterocycles. The minimum Gasteiger partial charge on any atom is -0.544 e. The van der Waals surface area contributed by atoms with Crippen molar-refractivity contribution in [2.24, 2.45) is 0 Å². The van der Waals surface area contributed by atoms with Crippen molar-refractivity contribution in [2.75, 3.05) is 13.1 Å². The standard InChI is InChI=1S/C18H25NO5S.Li/c1-18(2,3)24-17(22)19-8-6-12(7-9-19)23-13-10-14(11-4-5-11)25-15(13)16(20)21;/h10-12H,4-9H2,1-3H3,(H,20,21);/q;+1/p-1. The van der Waals surface area contributed by atoms with E-state index in [0.29, 0.717) is 37.6 Å². The van der Waals surface area contributed by atoms with Gasteiger partial charge in [0.2, 0.25) is 0 Å². The van der Waals surface area contributed by atoms with Crippen LogP contribution in [-0.4, -0.2) is 41.8 Å². The van der Waals surface area contributed by atoms with Gasteiger partial charge in [-0.2, -0.15) is 0 Å². The van der Waals surface area contributed by atoms with Gasteiger partial charge in [-0.3, -0.25) is 0 Å². The van der Waals surface area contributed by atoms with Crippen LogP contribution < -0.4 is 28.7 Å². The van der Waals surface area contributed by atoms with Gasteiger partial charge in [0.05, 0.1) is 10.8 Å². The molecule has 1 aliphatic heterocycles. The molecule has 26 heavy (non-hydrogen) atoms. The number of carbonyl (C=O) groups excluding carboxylic acids is 2. The van der Waals surface area contributed by atoms with Gasteiger partial charge in [0, 0.05) is 30.8 Å². The number of carbonyl (C=O) groups is 2. The predicted molar refractivity (Wildman–Crippen MR) is 92.1 cm³/mol. The van der Waals surface area contributed by atoms with E-state index in [0.717, 1.165) is 17.7 Å². The van der Waals surface area contributed by atoms with Crippen LogP contribution in [0.4, 0.5) is 4.79 Å². The van der Waals surface area contributed by atoms with Gasteiger partial charge in [0.15, 0.2) is 0 Å². The van der Waals surface area contributed by atoms with Gasteiger partial charge in [-0.1, -0.05) is 0 Å². The first kappa shape index (κ1) is 21.1. The summed E-state index contributed by atoms with van der Waals surface area (Å²) in [5.41, 5.74) is -0.510. The molecule has 1 amide bonds. The Hall–Kier alpha value is -1.16. The molecule has 0 radical (unpaired) electrons. The zero-order chi connectivity index (χ0) is 18.2. The number of piperidine rings is 1. The summed E-state index contributed by atoms with van der Waals surface area (Å²) in [5, 5.41) is 11.3. The Morgan fingerprint density at radius 2 is 1.81 bits per heavy atom. The fraction of sp³-hybridized carbons (Fsp3) is 0.667. The van der Waals surface area contributed by atoms with E-state index in [1.807, 2.05) is 26.8 Å². The van der Waals surface area contributed by atoms with Crippen molar-refractivity contribution in [1.29, 1.82) is 0 Å². The first-order valence-electron chi connectivity index (χ1n) is 8.72. The maximum Gasteiger partial charge on any atom is 1.00 e. The van der Waals surface area contributed by atoms with Crippen LogP contribution in [0.25, 0.3) is 0 Å². The van der Waals surface area contributed by atoms with Crippen molar-refractivity contribution in [3.05, 3.63) is 15.8 Å². The van der Waals surface area contributed by atoms with Gasteiger partial charge in [-0.15, -0.1) is 11.3 Å². The fourth-order valence-corrected chi connectivity index (χ4v) is 3.95. The van der Waals surface area contributed by atoms with Gasteiger partial charge in [-0.25, -0.2) is 4.79 Å². The summed E-state index contributed by atoms with van der Waals surface area (Å²) >= 11 is 1.27. The number of amides is 1. The van der Waals surface area contributed by atoms with Crippen LogP contribution in [0.3, 0.4) is 0 Å². The Morgan fingerprint density at radius 3 is 2.31 bits per heavy atom. The van der Waals surface area contributed by atoms with Crippen LogP contribution in [0.15, 0.2) is 6.07 Å². The molecule has 0 bridgehead atoms. The maximum absolute atomic E-state index is 12.1. The number of thiophene rings is 1. The molecule has 0 unspecified atom stereocenters. The molecule has 8 heteroatoms. The molecule has 1 aliphatic carbocycles.